The summed E-state index contributed by atoms with van der Waals surface area (Å²) in [4.78, 5) is 13.2. The number of sulfonamides is 1. The van der Waals surface area contributed by atoms with Gasteiger partial charge in [-0.2, -0.15) is 9.40 Å². The van der Waals surface area contributed by atoms with Crippen LogP contribution in [0.15, 0.2) is 47.4 Å². The zero-order valence-corrected chi connectivity index (χ0v) is 19.8. The minimum atomic E-state index is -3.69. The van der Waals surface area contributed by atoms with Crippen molar-refractivity contribution in [3.8, 4) is 0 Å². The zero-order chi connectivity index (χ0) is 23.0. The monoisotopic (exact) mass is 472 g/mol. The van der Waals surface area contributed by atoms with Gasteiger partial charge >= 0.3 is 0 Å². The van der Waals surface area contributed by atoms with Crippen molar-refractivity contribution in [1.29, 1.82) is 0 Å². The number of nitrogens with zero attached hydrogens (tertiary/aromatic N) is 3. The summed E-state index contributed by atoms with van der Waals surface area (Å²) < 4.78 is 29.8. The summed E-state index contributed by atoms with van der Waals surface area (Å²) in [5, 5.41) is 7.90. The second-order valence-corrected chi connectivity index (χ2v) is 10.4. The first-order valence-corrected chi connectivity index (χ1v) is 12.1. The molecule has 3 aromatic rings. The van der Waals surface area contributed by atoms with Gasteiger partial charge in [0.15, 0.2) is 5.69 Å². The first kappa shape index (κ1) is 22.5. The van der Waals surface area contributed by atoms with E-state index in [1.807, 2.05) is 25.1 Å². The van der Waals surface area contributed by atoms with Crippen molar-refractivity contribution in [2.75, 3.05) is 6.54 Å². The van der Waals surface area contributed by atoms with Crippen molar-refractivity contribution in [2.24, 2.45) is 7.05 Å². The summed E-state index contributed by atoms with van der Waals surface area (Å²) in [6, 6.07) is 12.5. The second-order valence-electron chi connectivity index (χ2n) is 8.06. The van der Waals surface area contributed by atoms with Gasteiger partial charge in [0.2, 0.25) is 10.0 Å². The molecule has 1 aliphatic rings. The third-order valence-electron chi connectivity index (χ3n) is 5.74. The van der Waals surface area contributed by atoms with E-state index >= 15 is 0 Å². The highest BCUT2D eigenvalue weighted by Gasteiger charge is 2.34. The minimum absolute atomic E-state index is 0.114. The number of amides is 1. The standard InChI is InChI=1S/C23H25ClN4O3S/c1-15-4-9-21(16(2)12-15)32(30,31)28-11-10-20-19(14-28)22(26-27(20)3)23(29)25-13-17-5-7-18(24)8-6-17/h4-9,12H,10-11,13-14H2,1-3H3,(H,25,29). The van der Waals surface area contributed by atoms with Crippen LogP contribution < -0.4 is 5.32 Å². The SMILES string of the molecule is Cc1ccc(S(=O)(=O)N2CCc3c(c(C(=O)NCc4ccc(Cl)cc4)nn3C)C2)c(C)c1. The van der Waals surface area contributed by atoms with Gasteiger partial charge in [-0.25, -0.2) is 8.42 Å². The van der Waals surface area contributed by atoms with Crippen LogP contribution >= 0.6 is 11.6 Å². The molecule has 1 aromatic heterocycles. The fraction of sp³-hybridized carbons (Fsp3) is 0.304. The van der Waals surface area contributed by atoms with Crippen molar-refractivity contribution in [3.63, 3.8) is 0 Å². The third-order valence-corrected chi connectivity index (χ3v) is 7.99. The molecule has 0 saturated carbocycles. The number of hydrogen-bond donors (Lipinski definition) is 1. The number of carbonyl (C=O) groups excluding carboxylic acids is 1. The van der Waals surface area contributed by atoms with Gasteiger partial charge < -0.3 is 5.32 Å². The van der Waals surface area contributed by atoms with Crippen molar-refractivity contribution in [1.82, 2.24) is 19.4 Å². The molecule has 168 valence electrons. The van der Waals surface area contributed by atoms with Crippen LogP contribution in [0.1, 0.15) is 38.4 Å². The molecule has 2 heterocycles. The molecule has 1 N–H and O–H groups in total. The van der Waals surface area contributed by atoms with Crippen molar-refractivity contribution >= 4 is 27.5 Å². The lowest BCUT2D eigenvalue weighted by molar-refractivity contribution is 0.0943. The molecule has 0 unspecified atom stereocenters. The van der Waals surface area contributed by atoms with E-state index in [1.165, 1.54) is 4.31 Å². The van der Waals surface area contributed by atoms with Crippen LogP contribution in [-0.2, 0) is 36.6 Å². The molecular weight excluding hydrogens is 448 g/mol. The van der Waals surface area contributed by atoms with Gasteiger partial charge in [0, 0.05) is 49.4 Å². The van der Waals surface area contributed by atoms with E-state index < -0.39 is 10.0 Å². The first-order chi connectivity index (χ1) is 15.2. The van der Waals surface area contributed by atoms with Crippen LogP contribution in [0.25, 0.3) is 0 Å². The van der Waals surface area contributed by atoms with E-state index in [4.69, 9.17) is 11.6 Å². The molecule has 0 bridgehead atoms. The van der Waals surface area contributed by atoms with Crippen LogP contribution in [0.5, 0.6) is 0 Å². The Kier molecular flexibility index (Phi) is 6.11. The maximum atomic E-state index is 13.3. The lowest BCUT2D eigenvalue weighted by Crippen LogP contribution is -2.37. The summed E-state index contributed by atoms with van der Waals surface area (Å²) in [5.74, 6) is -0.331. The van der Waals surface area contributed by atoms with Crippen LogP contribution in [0.4, 0.5) is 0 Å². The highest BCUT2D eigenvalue weighted by molar-refractivity contribution is 7.89. The van der Waals surface area contributed by atoms with Crippen molar-refractivity contribution in [3.05, 3.63) is 81.1 Å². The quantitative estimate of drug-likeness (QED) is 0.617. The summed E-state index contributed by atoms with van der Waals surface area (Å²) in [6.45, 7) is 4.51. The number of hydrogen-bond acceptors (Lipinski definition) is 4. The fourth-order valence-corrected chi connectivity index (χ4v) is 5.79. The van der Waals surface area contributed by atoms with E-state index in [2.05, 4.69) is 10.4 Å². The topological polar surface area (TPSA) is 84.3 Å². The van der Waals surface area contributed by atoms with Gasteiger partial charge in [0.05, 0.1) is 4.90 Å². The van der Waals surface area contributed by atoms with E-state index in [1.54, 1.807) is 42.9 Å². The molecule has 0 radical (unpaired) electrons. The minimum Gasteiger partial charge on any atom is -0.347 e. The second kappa shape index (κ2) is 8.69. The highest BCUT2D eigenvalue weighted by Crippen LogP contribution is 2.28. The van der Waals surface area contributed by atoms with Gasteiger partial charge in [-0.05, 0) is 43.2 Å². The number of benzene rings is 2. The van der Waals surface area contributed by atoms with E-state index in [0.717, 1.165) is 16.8 Å². The molecule has 2 aromatic carbocycles. The molecular formula is C23H25ClN4O3S. The predicted octanol–water partition coefficient (Wildman–Crippen LogP) is 3.37. The Balaban J connectivity index is 1.57. The molecule has 1 amide bonds. The molecule has 7 nitrogen and oxygen atoms in total. The maximum Gasteiger partial charge on any atom is 0.272 e. The smallest absolute Gasteiger partial charge is 0.272 e. The summed E-state index contributed by atoms with van der Waals surface area (Å²) in [5.41, 5.74) is 4.43. The Morgan fingerprint density at radius 3 is 2.56 bits per heavy atom. The Hall–Kier alpha value is -2.68. The molecule has 0 atom stereocenters. The summed E-state index contributed by atoms with van der Waals surface area (Å²) >= 11 is 5.91. The van der Waals surface area contributed by atoms with E-state index in [9.17, 15) is 13.2 Å². The van der Waals surface area contributed by atoms with Crippen LogP contribution in [0, 0.1) is 13.8 Å². The Labute approximate surface area is 193 Å². The number of aromatic nitrogens is 2. The predicted molar refractivity (Wildman–Crippen MR) is 123 cm³/mol. The molecule has 0 aliphatic carbocycles. The number of halogens is 1. The first-order valence-electron chi connectivity index (χ1n) is 10.3. The zero-order valence-electron chi connectivity index (χ0n) is 18.2. The molecule has 32 heavy (non-hydrogen) atoms. The molecule has 1 aliphatic heterocycles. The van der Waals surface area contributed by atoms with Crippen LogP contribution in [0.3, 0.4) is 0 Å². The van der Waals surface area contributed by atoms with Gasteiger partial charge in [-0.1, -0.05) is 41.4 Å². The lowest BCUT2D eigenvalue weighted by atomic mass is 10.1. The highest BCUT2D eigenvalue weighted by atomic mass is 35.5. The average Bonchev–Trinajstić information content (AvgIpc) is 3.09. The molecule has 0 fully saturated rings. The van der Waals surface area contributed by atoms with Gasteiger partial charge in [0.25, 0.3) is 5.91 Å². The Morgan fingerprint density at radius 2 is 1.88 bits per heavy atom. The van der Waals surface area contributed by atoms with Crippen LogP contribution in [-0.4, -0.2) is 35.0 Å². The third kappa shape index (κ3) is 4.30. The fourth-order valence-electron chi connectivity index (χ4n) is 4.05. The van der Waals surface area contributed by atoms with Gasteiger partial charge in [-0.3, -0.25) is 9.48 Å². The normalized spacial score (nSPS) is 14.2. The Bertz CT molecular complexity index is 1280. The molecule has 9 heteroatoms. The number of rotatable bonds is 5. The largest absolute Gasteiger partial charge is 0.347 e. The van der Waals surface area contributed by atoms with Crippen molar-refractivity contribution in [2.45, 2.75) is 38.3 Å². The number of aryl methyl sites for hydroxylation is 3. The van der Waals surface area contributed by atoms with Crippen molar-refractivity contribution < 1.29 is 13.2 Å². The van der Waals surface area contributed by atoms with E-state index in [-0.39, 0.29) is 18.1 Å². The molecule has 0 saturated heterocycles. The number of fused-ring (bicyclic) bond motifs is 1. The Morgan fingerprint density at radius 1 is 1.16 bits per heavy atom. The average molecular weight is 473 g/mol. The van der Waals surface area contributed by atoms with Gasteiger partial charge in [0.1, 0.15) is 0 Å². The molecule has 4 rings (SSSR count). The lowest BCUT2D eigenvalue weighted by Gasteiger charge is -2.27. The maximum absolute atomic E-state index is 13.3. The summed E-state index contributed by atoms with van der Waals surface area (Å²) in [6.07, 6.45) is 0.493. The summed E-state index contributed by atoms with van der Waals surface area (Å²) in [7, 11) is -1.91. The van der Waals surface area contributed by atoms with Gasteiger partial charge in [-0.15, -0.1) is 0 Å². The molecule has 0 spiro atoms. The van der Waals surface area contributed by atoms with E-state index in [0.29, 0.717) is 40.6 Å². The van der Waals surface area contributed by atoms with Crippen LogP contribution in [0.2, 0.25) is 5.02 Å². The number of nitrogens with one attached hydrogen (secondary N) is 1. The number of carbonyl (C=O) groups is 1.